The topological polar surface area (TPSA) is 50.7 Å². The van der Waals surface area contributed by atoms with Crippen LogP contribution in [-0.4, -0.2) is 19.4 Å². The van der Waals surface area contributed by atoms with E-state index in [0.29, 0.717) is 0 Å². The Labute approximate surface area is 47.5 Å². The van der Waals surface area contributed by atoms with E-state index in [2.05, 4.69) is 15.3 Å². The summed E-state index contributed by atoms with van der Waals surface area (Å²) < 4.78 is 0. The molecule has 0 saturated heterocycles. The number of carbonyl (C=O) groups is 1. The van der Waals surface area contributed by atoms with Crippen molar-refractivity contribution in [2.24, 2.45) is 5.16 Å². The van der Waals surface area contributed by atoms with E-state index in [0.717, 1.165) is 0 Å². The molecule has 0 aromatic heterocycles. The van der Waals surface area contributed by atoms with Crippen molar-refractivity contribution in [1.82, 2.24) is 5.32 Å². The van der Waals surface area contributed by atoms with Gasteiger partial charge in [-0.1, -0.05) is 5.16 Å². The van der Waals surface area contributed by atoms with Crippen molar-refractivity contribution in [3.05, 3.63) is 0 Å². The summed E-state index contributed by atoms with van der Waals surface area (Å²) in [6.07, 6.45) is 0.831. The first-order valence-corrected chi connectivity index (χ1v) is 2.18. The van der Waals surface area contributed by atoms with E-state index in [1.54, 1.807) is 6.92 Å². The molecular weight excluding hydrogens is 108 g/mol. The van der Waals surface area contributed by atoms with Crippen LogP contribution >= 0.6 is 0 Å². The lowest BCUT2D eigenvalue weighted by Crippen LogP contribution is -2.16. The van der Waals surface area contributed by atoms with Crippen LogP contribution in [0.15, 0.2) is 5.16 Å². The van der Waals surface area contributed by atoms with E-state index < -0.39 is 6.09 Å². The summed E-state index contributed by atoms with van der Waals surface area (Å²) in [6.45, 7) is 1.66. The van der Waals surface area contributed by atoms with Gasteiger partial charge in [0, 0.05) is 13.3 Å². The largest absolute Gasteiger partial charge is 0.433 e. The van der Waals surface area contributed by atoms with Gasteiger partial charge in [0.05, 0.1) is 0 Å². The fraction of sp³-hybridized carbons (Fsp3) is 0.500. The van der Waals surface area contributed by atoms with E-state index in [1.165, 1.54) is 13.3 Å². The zero-order valence-corrected chi connectivity index (χ0v) is 4.84. The maximum absolute atomic E-state index is 10.1. The maximum Gasteiger partial charge on any atom is 0.433 e. The van der Waals surface area contributed by atoms with E-state index in [4.69, 9.17) is 0 Å². The standard InChI is InChI=1S/C4H8N2O2/c1-3-6-8-4(7)5-2/h3H,1-2H3,(H,5,7). The van der Waals surface area contributed by atoms with Crippen molar-refractivity contribution in [3.63, 3.8) is 0 Å². The summed E-state index contributed by atoms with van der Waals surface area (Å²) >= 11 is 0. The van der Waals surface area contributed by atoms with Crippen LogP contribution in [0, 0.1) is 0 Å². The van der Waals surface area contributed by atoms with Crippen LogP contribution in [-0.2, 0) is 4.84 Å². The molecule has 0 unspecified atom stereocenters. The van der Waals surface area contributed by atoms with Gasteiger partial charge >= 0.3 is 6.09 Å². The maximum atomic E-state index is 10.1. The lowest BCUT2D eigenvalue weighted by molar-refractivity contribution is 0.153. The molecule has 0 saturated carbocycles. The Balaban J connectivity index is 3.25. The molecule has 1 N–H and O–H groups in total. The molecule has 46 valence electrons. The highest BCUT2D eigenvalue weighted by Crippen LogP contribution is 1.72. The number of hydrogen-bond acceptors (Lipinski definition) is 3. The number of amides is 1. The van der Waals surface area contributed by atoms with Gasteiger partial charge in [0.15, 0.2) is 0 Å². The van der Waals surface area contributed by atoms with Crippen LogP contribution in [0.3, 0.4) is 0 Å². The molecular formula is C4H8N2O2. The summed E-state index contributed by atoms with van der Waals surface area (Å²) in [5, 5.41) is 5.43. The van der Waals surface area contributed by atoms with Gasteiger partial charge in [-0.3, -0.25) is 4.84 Å². The average molecular weight is 116 g/mol. The summed E-state index contributed by atoms with van der Waals surface area (Å²) in [5.74, 6) is 0. The molecule has 0 radical (unpaired) electrons. The first kappa shape index (κ1) is 6.94. The van der Waals surface area contributed by atoms with Gasteiger partial charge in [0.2, 0.25) is 0 Å². The van der Waals surface area contributed by atoms with Crippen molar-refractivity contribution in [2.75, 3.05) is 7.05 Å². The highest BCUT2D eigenvalue weighted by molar-refractivity contribution is 5.67. The van der Waals surface area contributed by atoms with Gasteiger partial charge in [0.1, 0.15) is 0 Å². The minimum absolute atomic E-state index is 0.553. The molecule has 4 nitrogen and oxygen atoms in total. The highest BCUT2D eigenvalue weighted by Gasteiger charge is 1.90. The molecule has 1 amide bonds. The Hall–Kier alpha value is -1.06. The Kier molecular flexibility index (Phi) is 3.56. The van der Waals surface area contributed by atoms with Crippen LogP contribution in [0.1, 0.15) is 6.92 Å². The second-order valence-electron chi connectivity index (χ2n) is 0.992. The zero-order valence-electron chi connectivity index (χ0n) is 4.84. The third-order valence-electron chi connectivity index (χ3n) is 0.445. The number of nitrogens with zero attached hydrogens (tertiary/aromatic N) is 1. The smallest absolute Gasteiger partial charge is 0.323 e. The molecule has 0 rings (SSSR count). The molecule has 0 atom stereocenters. The predicted molar refractivity (Wildman–Crippen MR) is 29.7 cm³/mol. The fourth-order valence-corrected chi connectivity index (χ4v) is 0.146. The Bertz CT molecular complexity index is 100. The summed E-state index contributed by atoms with van der Waals surface area (Å²) in [6, 6.07) is 0. The van der Waals surface area contributed by atoms with Crippen molar-refractivity contribution in [3.8, 4) is 0 Å². The summed E-state index contributed by atoms with van der Waals surface area (Å²) in [4.78, 5) is 14.3. The van der Waals surface area contributed by atoms with Crippen LogP contribution in [0.2, 0.25) is 0 Å². The Morgan fingerprint density at radius 2 is 2.50 bits per heavy atom. The normalized spacial score (nSPS) is 9.25. The number of carbonyl (C=O) groups excluding carboxylic acids is 1. The molecule has 0 heterocycles. The van der Waals surface area contributed by atoms with Crippen molar-refractivity contribution in [1.29, 1.82) is 0 Å². The lowest BCUT2D eigenvalue weighted by atomic mass is 10.9. The first-order valence-electron chi connectivity index (χ1n) is 2.18. The first-order chi connectivity index (χ1) is 3.81. The van der Waals surface area contributed by atoms with Crippen molar-refractivity contribution in [2.45, 2.75) is 6.92 Å². The van der Waals surface area contributed by atoms with Crippen LogP contribution in [0.5, 0.6) is 0 Å². The van der Waals surface area contributed by atoms with E-state index >= 15 is 0 Å². The van der Waals surface area contributed by atoms with Crippen LogP contribution < -0.4 is 5.32 Å². The number of hydrogen-bond donors (Lipinski definition) is 1. The quantitative estimate of drug-likeness (QED) is 0.305. The van der Waals surface area contributed by atoms with E-state index in [1.807, 2.05) is 0 Å². The Morgan fingerprint density at radius 1 is 1.88 bits per heavy atom. The third kappa shape index (κ3) is 3.14. The van der Waals surface area contributed by atoms with E-state index in [9.17, 15) is 4.79 Å². The highest BCUT2D eigenvalue weighted by atomic mass is 16.7. The molecule has 4 heteroatoms. The second-order valence-corrected chi connectivity index (χ2v) is 0.992. The van der Waals surface area contributed by atoms with Gasteiger partial charge < -0.3 is 5.32 Å². The van der Waals surface area contributed by atoms with Crippen LogP contribution in [0.25, 0.3) is 0 Å². The lowest BCUT2D eigenvalue weighted by Gasteiger charge is -1.90. The average Bonchev–Trinajstić information content (AvgIpc) is 1.83. The van der Waals surface area contributed by atoms with Crippen LogP contribution in [0.4, 0.5) is 4.79 Å². The van der Waals surface area contributed by atoms with Crippen molar-refractivity contribution >= 4 is 12.3 Å². The molecule has 0 aliphatic heterocycles. The number of rotatable bonds is 1. The van der Waals surface area contributed by atoms with Gasteiger partial charge in [-0.05, 0) is 6.92 Å². The van der Waals surface area contributed by atoms with Gasteiger partial charge in [-0.25, -0.2) is 4.79 Å². The molecule has 0 aromatic carbocycles. The SMILES string of the molecule is CC=NOC(=O)NC. The van der Waals surface area contributed by atoms with Crippen molar-refractivity contribution < 1.29 is 9.63 Å². The van der Waals surface area contributed by atoms with Gasteiger partial charge in [-0.15, -0.1) is 0 Å². The monoisotopic (exact) mass is 116 g/mol. The summed E-state index contributed by atoms with van der Waals surface area (Å²) in [7, 11) is 1.47. The minimum atomic E-state index is -0.553. The van der Waals surface area contributed by atoms with Gasteiger partial charge in [-0.2, -0.15) is 0 Å². The molecule has 0 aliphatic carbocycles. The summed E-state index contributed by atoms with van der Waals surface area (Å²) in [5.41, 5.74) is 0. The minimum Gasteiger partial charge on any atom is -0.323 e. The van der Waals surface area contributed by atoms with E-state index in [-0.39, 0.29) is 0 Å². The fourth-order valence-electron chi connectivity index (χ4n) is 0.146. The number of nitrogens with one attached hydrogen (secondary N) is 1. The molecule has 8 heavy (non-hydrogen) atoms. The molecule has 0 aliphatic rings. The Morgan fingerprint density at radius 3 is 2.88 bits per heavy atom. The van der Waals surface area contributed by atoms with Gasteiger partial charge in [0.25, 0.3) is 0 Å². The molecule has 0 fully saturated rings. The molecule has 0 spiro atoms. The second kappa shape index (κ2) is 4.11. The predicted octanol–water partition coefficient (Wildman–Crippen LogP) is 0.348. The zero-order chi connectivity index (χ0) is 6.41. The molecule has 0 aromatic rings. The number of oxime groups is 1. The third-order valence-corrected chi connectivity index (χ3v) is 0.445. The molecule has 0 bridgehead atoms.